The van der Waals surface area contributed by atoms with Crippen LogP contribution in [0, 0.1) is 0 Å². The Morgan fingerprint density at radius 3 is 2.18 bits per heavy atom. The van der Waals surface area contributed by atoms with E-state index in [2.05, 4.69) is 0 Å². The topological polar surface area (TPSA) is 44.8 Å². The van der Waals surface area contributed by atoms with Crippen LogP contribution in [0.1, 0.15) is 10.4 Å². The van der Waals surface area contributed by atoms with Gasteiger partial charge < -0.3 is 14.2 Å². The van der Waals surface area contributed by atoms with Gasteiger partial charge in [-0.3, -0.25) is 4.79 Å². The lowest BCUT2D eigenvalue weighted by molar-refractivity contribution is 0.102. The Morgan fingerprint density at radius 1 is 0.909 bits per heavy atom. The number of Topliss-reactive ketones (excluding diaryl/α,β-unsaturated/α-hetero) is 1. The molecule has 2 aromatic rings. The zero-order valence-electron chi connectivity index (χ0n) is 12.8. The molecule has 2 aromatic carbocycles. The number of rotatable bonds is 7. The number of hydrogen-bond acceptors (Lipinski definition) is 5. The quantitative estimate of drug-likeness (QED) is 0.575. The van der Waals surface area contributed by atoms with Gasteiger partial charge in [0.25, 0.3) is 0 Å². The minimum atomic E-state index is 0.0717. The molecule has 0 amide bonds. The van der Waals surface area contributed by atoms with Gasteiger partial charge in [-0.25, -0.2) is 0 Å². The molecule has 0 fully saturated rings. The van der Waals surface area contributed by atoms with Gasteiger partial charge in [-0.2, -0.15) is 0 Å². The molecule has 0 aliphatic heterocycles. The van der Waals surface area contributed by atoms with E-state index in [1.54, 1.807) is 45.6 Å². The number of thioether (sulfide) groups is 1. The highest BCUT2D eigenvalue weighted by atomic mass is 32.2. The van der Waals surface area contributed by atoms with Crippen LogP contribution in [0.3, 0.4) is 0 Å². The second-order valence-electron chi connectivity index (χ2n) is 4.46. The van der Waals surface area contributed by atoms with E-state index < -0.39 is 0 Å². The van der Waals surface area contributed by atoms with Crippen LogP contribution >= 0.6 is 11.8 Å². The summed E-state index contributed by atoms with van der Waals surface area (Å²) >= 11 is 1.47. The lowest BCUT2D eigenvalue weighted by atomic mass is 10.1. The normalized spacial score (nSPS) is 10.1. The monoisotopic (exact) mass is 318 g/mol. The molecular formula is C17H18O4S. The van der Waals surface area contributed by atoms with E-state index in [0.717, 1.165) is 10.6 Å². The van der Waals surface area contributed by atoms with Gasteiger partial charge in [-0.1, -0.05) is 0 Å². The Balaban J connectivity index is 2.01. The fourth-order valence-electron chi connectivity index (χ4n) is 1.92. The van der Waals surface area contributed by atoms with Crippen LogP contribution in [-0.2, 0) is 0 Å². The summed E-state index contributed by atoms with van der Waals surface area (Å²) in [6.07, 6.45) is 0. The highest BCUT2D eigenvalue weighted by Crippen LogP contribution is 2.32. The van der Waals surface area contributed by atoms with Crippen LogP contribution < -0.4 is 14.2 Å². The van der Waals surface area contributed by atoms with Crippen molar-refractivity contribution >= 4 is 17.5 Å². The molecule has 0 saturated heterocycles. The molecule has 0 radical (unpaired) electrons. The second kappa shape index (κ2) is 7.75. The van der Waals surface area contributed by atoms with Crippen molar-refractivity contribution in [2.45, 2.75) is 4.90 Å². The molecule has 4 nitrogen and oxygen atoms in total. The summed E-state index contributed by atoms with van der Waals surface area (Å²) in [5.41, 5.74) is 0.675. The van der Waals surface area contributed by atoms with Gasteiger partial charge in [0, 0.05) is 10.5 Å². The van der Waals surface area contributed by atoms with E-state index in [4.69, 9.17) is 14.2 Å². The van der Waals surface area contributed by atoms with Crippen molar-refractivity contribution in [1.29, 1.82) is 0 Å². The van der Waals surface area contributed by atoms with Crippen molar-refractivity contribution < 1.29 is 19.0 Å². The lowest BCUT2D eigenvalue weighted by Gasteiger charge is -2.09. The summed E-state index contributed by atoms with van der Waals surface area (Å²) in [4.78, 5) is 13.1. The zero-order valence-corrected chi connectivity index (χ0v) is 13.6. The molecule has 0 aliphatic rings. The molecule has 0 spiro atoms. The molecule has 116 valence electrons. The van der Waals surface area contributed by atoms with Crippen LogP contribution in [0.15, 0.2) is 47.4 Å². The van der Waals surface area contributed by atoms with Gasteiger partial charge >= 0.3 is 0 Å². The van der Waals surface area contributed by atoms with Crippen molar-refractivity contribution in [2.75, 3.05) is 27.1 Å². The summed E-state index contributed by atoms with van der Waals surface area (Å²) in [6, 6.07) is 12.7. The summed E-state index contributed by atoms with van der Waals surface area (Å²) < 4.78 is 15.5. The van der Waals surface area contributed by atoms with Gasteiger partial charge in [0.1, 0.15) is 5.75 Å². The third-order valence-electron chi connectivity index (χ3n) is 3.14. The van der Waals surface area contributed by atoms with Crippen LogP contribution in [0.5, 0.6) is 17.2 Å². The Bertz CT molecular complexity index is 638. The first-order valence-electron chi connectivity index (χ1n) is 6.70. The van der Waals surface area contributed by atoms with E-state index in [0.29, 0.717) is 22.8 Å². The maximum Gasteiger partial charge on any atom is 0.173 e. The fraction of sp³-hybridized carbons (Fsp3) is 0.235. The molecule has 0 atom stereocenters. The molecule has 0 N–H and O–H groups in total. The van der Waals surface area contributed by atoms with Crippen LogP contribution in [-0.4, -0.2) is 32.9 Å². The first kappa shape index (κ1) is 16.2. The Labute approximate surface area is 134 Å². The van der Waals surface area contributed by atoms with Gasteiger partial charge in [0.2, 0.25) is 0 Å². The van der Waals surface area contributed by atoms with Crippen LogP contribution in [0.4, 0.5) is 0 Å². The number of benzene rings is 2. The largest absolute Gasteiger partial charge is 0.497 e. The SMILES string of the molecule is COc1ccc(C(=O)CSc2ccc(OC)c(OC)c2)cc1. The molecule has 22 heavy (non-hydrogen) atoms. The van der Waals surface area contributed by atoms with E-state index in [1.807, 2.05) is 18.2 Å². The maximum absolute atomic E-state index is 12.2. The molecular weight excluding hydrogens is 300 g/mol. The number of hydrogen-bond donors (Lipinski definition) is 0. The van der Waals surface area contributed by atoms with E-state index in [9.17, 15) is 4.79 Å². The summed E-state index contributed by atoms with van der Waals surface area (Å²) in [6.45, 7) is 0. The number of methoxy groups -OCH3 is 3. The van der Waals surface area contributed by atoms with Crippen LogP contribution in [0.2, 0.25) is 0 Å². The van der Waals surface area contributed by atoms with Crippen molar-refractivity contribution in [3.05, 3.63) is 48.0 Å². The zero-order chi connectivity index (χ0) is 15.9. The smallest absolute Gasteiger partial charge is 0.173 e. The summed E-state index contributed by atoms with van der Waals surface area (Å²) in [5.74, 6) is 2.51. The van der Waals surface area contributed by atoms with Gasteiger partial charge in [-0.15, -0.1) is 11.8 Å². The first-order chi connectivity index (χ1) is 10.7. The van der Waals surface area contributed by atoms with Crippen molar-refractivity contribution in [3.8, 4) is 17.2 Å². The van der Waals surface area contributed by atoms with Crippen molar-refractivity contribution in [1.82, 2.24) is 0 Å². The molecule has 2 rings (SSSR count). The third kappa shape index (κ3) is 3.95. The first-order valence-corrected chi connectivity index (χ1v) is 7.68. The number of carbonyl (C=O) groups is 1. The predicted octanol–water partition coefficient (Wildman–Crippen LogP) is 3.69. The third-order valence-corrected chi connectivity index (χ3v) is 4.13. The van der Waals surface area contributed by atoms with Gasteiger partial charge in [0.05, 0.1) is 27.1 Å². The number of carbonyl (C=O) groups excluding carboxylic acids is 1. The fourth-order valence-corrected chi connectivity index (χ4v) is 2.73. The maximum atomic E-state index is 12.2. The molecule has 0 aromatic heterocycles. The van der Waals surface area contributed by atoms with E-state index in [1.165, 1.54) is 11.8 Å². The Morgan fingerprint density at radius 2 is 1.59 bits per heavy atom. The average Bonchev–Trinajstić information content (AvgIpc) is 2.59. The molecule has 5 heteroatoms. The van der Waals surface area contributed by atoms with Gasteiger partial charge in [0.15, 0.2) is 17.3 Å². The number of ether oxygens (including phenoxy) is 3. The molecule has 0 heterocycles. The van der Waals surface area contributed by atoms with Gasteiger partial charge in [-0.05, 0) is 42.5 Å². The highest BCUT2D eigenvalue weighted by molar-refractivity contribution is 8.00. The molecule has 0 unspecified atom stereocenters. The predicted molar refractivity (Wildman–Crippen MR) is 87.6 cm³/mol. The lowest BCUT2D eigenvalue weighted by Crippen LogP contribution is -2.02. The average molecular weight is 318 g/mol. The minimum Gasteiger partial charge on any atom is -0.497 e. The molecule has 0 saturated carbocycles. The van der Waals surface area contributed by atoms with Crippen LogP contribution in [0.25, 0.3) is 0 Å². The Kier molecular flexibility index (Phi) is 5.72. The highest BCUT2D eigenvalue weighted by Gasteiger charge is 2.09. The van der Waals surface area contributed by atoms with E-state index in [-0.39, 0.29) is 5.78 Å². The molecule has 0 bridgehead atoms. The molecule has 0 aliphatic carbocycles. The minimum absolute atomic E-state index is 0.0717. The van der Waals surface area contributed by atoms with E-state index >= 15 is 0 Å². The van der Waals surface area contributed by atoms with Crippen molar-refractivity contribution in [2.24, 2.45) is 0 Å². The van der Waals surface area contributed by atoms with Crippen molar-refractivity contribution in [3.63, 3.8) is 0 Å². The standard InChI is InChI=1S/C17H18O4S/c1-19-13-6-4-12(5-7-13)15(18)11-22-14-8-9-16(20-2)17(10-14)21-3/h4-10H,11H2,1-3H3. The second-order valence-corrected chi connectivity index (χ2v) is 5.51. The summed E-state index contributed by atoms with van der Waals surface area (Å²) in [7, 11) is 4.79. The Hall–Kier alpha value is -2.14. The number of ketones is 1. The summed E-state index contributed by atoms with van der Waals surface area (Å²) in [5, 5.41) is 0.